The minimum absolute atomic E-state index is 0.109. The molecule has 0 N–H and O–H groups in total. The van der Waals surface area contributed by atoms with Crippen LogP contribution in [0.1, 0.15) is 30.1 Å². The summed E-state index contributed by atoms with van der Waals surface area (Å²) in [5, 5.41) is 4.51. The summed E-state index contributed by atoms with van der Waals surface area (Å²) < 4.78 is 27.8. The molecule has 1 saturated heterocycles. The van der Waals surface area contributed by atoms with E-state index >= 15 is 0 Å². The quantitative estimate of drug-likeness (QED) is 0.816. The van der Waals surface area contributed by atoms with Crippen LogP contribution in [0, 0.1) is 0 Å². The van der Waals surface area contributed by atoms with Gasteiger partial charge >= 0.3 is 5.69 Å². The van der Waals surface area contributed by atoms with E-state index < -0.39 is 10.0 Å². The van der Waals surface area contributed by atoms with E-state index in [0.717, 1.165) is 11.4 Å². The smallest absolute Gasteiger partial charge is 0.282 e. The Morgan fingerprint density at radius 2 is 1.79 bits per heavy atom. The third-order valence-electron chi connectivity index (χ3n) is 4.54. The fourth-order valence-corrected chi connectivity index (χ4v) is 4.04. The fraction of sp³-hybridized carbons (Fsp3) is 0.500. The summed E-state index contributed by atoms with van der Waals surface area (Å²) in [5.74, 6) is 0.849. The molecule has 8 heteroatoms. The van der Waals surface area contributed by atoms with Gasteiger partial charge in [0.25, 0.3) is 0 Å². The summed E-state index contributed by atoms with van der Waals surface area (Å²) in [6.07, 6.45) is 2.60. The molecule has 0 aliphatic carbocycles. The van der Waals surface area contributed by atoms with E-state index in [-0.39, 0.29) is 11.6 Å². The highest BCUT2D eigenvalue weighted by molar-refractivity contribution is 7.88. The zero-order chi connectivity index (χ0) is 17.3. The third kappa shape index (κ3) is 3.44. The molecule has 3 rings (SSSR count). The molecule has 0 amide bonds. The zero-order valence-corrected chi connectivity index (χ0v) is 14.7. The number of rotatable bonds is 4. The second-order valence-corrected chi connectivity index (χ2v) is 8.26. The molecule has 1 fully saturated rings. The van der Waals surface area contributed by atoms with Crippen molar-refractivity contribution in [3.8, 4) is 0 Å². The van der Waals surface area contributed by atoms with Crippen LogP contribution in [0.4, 0.5) is 0 Å². The van der Waals surface area contributed by atoms with Crippen LogP contribution in [0.25, 0.3) is 0 Å². The molecule has 1 aromatic heterocycles. The SMILES string of the molecule is Cn1c(C2CCN(S(C)(=O)=O)CC2)nn(Cc2ccccc2)c1=O. The van der Waals surface area contributed by atoms with Crippen LogP contribution in [0.3, 0.4) is 0 Å². The summed E-state index contributed by atoms with van der Waals surface area (Å²) in [6, 6.07) is 9.73. The number of hydrogen-bond acceptors (Lipinski definition) is 4. The van der Waals surface area contributed by atoms with Crippen molar-refractivity contribution < 1.29 is 8.42 Å². The monoisotopic (exact) mass is 350 g/mol. The van der Waals surface area contributed by atoms with Crippen molar-refractivity contribution in [3.05, 3.63) is 52.2 Å². The van der Waals surface area contributed by atoms with Crippen molar-refractivity contribution in [2.24, 2.45) is 7.05 Å². The molecule has 0 atom stereocenters. The number of piperidine rings is 1. The van der Waals surface area contributed by atoms with Gasteiger partial charge in [0.1, 0.15) is 5.82 Å². The van der Waals surface area contributed by atoms with E-state index in [1.165, 1.54) is 15.2 Å². The van der Waals surface area contributed by atoms with Gasteiger partial charge in [0, 0.05) is 26.1 Å². The highest BCUT2D eigenvalue weighted by atomic mass is 32.2. The third-order valence-corrected chi connectivity index (χ3v) is 5.84. The maximum Gasteiger partial charge on any atom is 0.345 e. The Bertz CT molecular complexity index is 862. The first-order valence-corrected chi connectivity index (χ1v) is 9.84. The average Bonchev–Trinajstić information content (AvgIpc) is 2.84. The Hall–Kier alpha value is -1.93. The number of sulfonamides is 1. The van der Waals surface area contributed by atoms with Gasteiger partial charge in [0.15, 0.2) is 0 Å². The molecule has 0 saturated carbocycles. The van der Waals surface area contributed by atoms with Gasteiger partial charge in [0.2, 0.25) is 10.0 Å². The molecule has 1 aliphatic heterocycles. The predicted octanol–water partition coefficient (Wildman–Crippen LogP) is 0.769. The number of aromatic nitrogens is 3. The van der Waals surface area contributed by atoms with E-state index in [2.05, 4.69) is 5.10 Å². The lowest BCUT2D eigenvalue weighted by molar-refractivity contribution is 0.311. The van der Waals surface area contributed by atoms with Gasteiger partial charge in [-0.05, 0) is 18.4 Å². The second kappa shape index (κ2) is 6.52. The van der Waals surface area contributed by atoms with Gasteiger partial charge < -0.3 is 0 Å². The lowest BCUT2D eigenvalue weighted by atomic mass is 9.97. The molecule has 1 aliphatic rings. The second-order valence-electron chi connectivity index (χ2n) is 6.28. The van der Waals surface area contributed by atoms with E-state index in [1.807, 2.05) is 30.3 Å². The van der Waals surface area contributed by atoms with Gasteiger partial charge in [-0.15, -0.1) is 0 Å². The molecule has 0 spiro atoms. The van der Waals surface area contributed by atoms with Gasteiger partial charge in [-0.25, -0.2) is 22.2 Å². The molecule has 0 radical (unpaired) electrons. The van der Waals surface area contributed by atoms with Crippen LogP contribution < -0.4 is 5.69 Å². The lowest BCUT2D eigenvalue weighted by Crippen LogP contribution is -2.37. The molecular weight excluding hydrogens is 328 g/mol. The van der Waals surface area contributed by atoms with Gasteiger partial charge in [-0.3, -0.25) is 4.57 Å². The first kappa shape index (κ1) is 16.9. The Kier molecular flexibility index (Phi) is 4.60. The topological polar surface area (TPSA) is 77.2 Å². The predicted molar refractivity (Wildman–Crippen MR) is 91.4 cm³/mol. The molecule has 2 heterocycles. The lowest BCUT2D eigenvalue weighted by Gasteiger charge is -2.29. The molecule has 0 unspecified atom stereocenters. The van der Waals surface area contributed by atoms with E-state index in [0.29, 0.717) is 32.5 Å². The first-order chi connectivity index (χ1) is 11.4. The van der Waals surface area contributed by atoms with Gasteiger partial charge in [-0.2, -0.15) is 5.10 Å². The Labute approximate surface area is 141 Å². The largest absolute Gasteiger partial charge is 0.345 e. The van der Waals surface area contributed by atoms with Crippen LogP contribution in [0.15, 0.2) is 35.1 Å². The average molecular weight is 350 g/mol. The minimum atomic E-state index is -3.15. The van der Waals surface area contributed by atoms with Crippen LogP contribution in [-0.2, 0) is 23.6 Å². The number of hydrogen-bond donors (Lipinski definition) is 0. The van der Waals surface area contributed by atoms with Gasteiger partial charge in [-0.1, -0.05) is 30.3 Å². The maximum absolute atomic E-state index is 12.4. The molecule has 0 bridgehead atoms. The normalized spacial score (nSPS) is 17.2. The van der Waals surface area contributed by atoms with Crippen molar-refractivity contribution in [1.29, 1.82) is 0 Å². The molecule has 2 aromatic rings. The summed E-state index contributed by atoms with van der Waals surface area (Å²) in [6.45, 7) is 1.39. The Balaban J connectivity index is 1.78. The standard InChI is InChI=1S/C16H22N4O3S/c1-18-15(14-8-10-19(11-9-14)24(2,22)23)17-20(16(18)21)12-13-6-4-3-5-7-13/h3-7,14H,8-12H2,1-2H3. The van der Waals surface area contributed by atoms with Crippen molar-refractivity contribution in [2.75, 3.05) is 19.3 Å². The summed E-state index contributed by atoms with van der Waals surface area (Å²) in [4.78, 5) is 12.4. The number of benzene rings is 1. The summed E-state index contributed by atoms with van der Waals surface area (Å²) in [7, 11) is -1.41. The minimum Gasteiger partial charge on any atom is -0.282 e. The van der Waals surface area contributed by atoms with Crippen LogP contribution >= 0.6 is 0 Å². The van der Waals surface area contributed by atoms with Crippen LogP contribution in [0.5, 0.6) is 0 Å². The molecule has 24 heavy (non-hydrogen) atoms. The van der Waals surface area contributed by atoms with E-state index in [9.17, 15) is 13.2 Å². The number of nitrogens with zero attached hydrogens (tertiary/aromatic N) is 4. The van der Waals surface area contributed by atoms with Gasteiger partial charge in [0.05, 0.1) is 12.8 Å². The molecule has 1 aromatic carbocycles. The van der Waals surface area contributed by atoms with Crippen LogP contribution in [0.2, 0.25) is 0 Å². The summed E-state index contributed by atoms with van der Waals surface area (Å²) >= 11 is 0. The zero-order valence-electron chi connectivity index (χ0n) is 13.9. The first-order valence-electron chi connectivity index (χ1n) is 7.99. The molecule has 7 nitrogen and oxygen atoms in total. The van der Waals surface area contributed by atoms with Crippen molar-refractivity contribution in [2.45, 2.75) is 25.3 Å². The van der Waals surface area contributed by atoms with E-state index in [4.69, 9.17) is 0 Å². The van der Waals surface area contributed by atoms with Crippen molar-refractivity contribution >= 4 is 10.0 Å². The highest BCUT2D eigenvalue weighted by Gasteiger charge is 2.29. The fourth-order valence-electron chi connectivity index (χ4n) is 3.17. The Morgan fingerprint density at radius 3 is 2.38 bits per heavy atom. The summed E-state index contributed by atoms with van der Waals surface area (Å²) in [5.41, 5.74) is 0.885. The highest BCUT2D eigenvalue weighted by Crippen LogP contribution is 2.26. The Morgan fingerprint density at radius 1 is 1.17 bits per heavy atom. The molecular formula is C16H22N4O3S. The molecule has 130 valence electrons. The van der Waals surface area contributed by atoms with E-state index in [1.54, 1.807) is 11.6 Å². The van der Waals surface area contributed by atoms with Crippen LogP contribution in [-0.4, -0.2) is 46.4 Å². The maximum atomic E-state index is 12.4. The van der Waals surface area contributed by atoms with Crippen molar-refractivity contribution in [1.82, 2.24) is 18.7 Å². The van der Waals surface area contributed by atoms with Crippen molar-refractivity contribution in [3.63, 3.8) is 0 Å².